The third-order valence-corrected chi connectivity index (χ3v) is 9.75. The summed E-state index contributed by atoms with van der Waals surface area (Å²) in [6, 6.07) is 10.9. The molecular weight excluding hydrogens is 595 g/mol. The number of imidazole rings is 1. The van der Waals surface area contributed by atoms with Gasteiger partial charge in [-0.2, -0.15) is 13.9 Å². The molecule has 1 aliphatic heterocycles. The standard InChI is InChI=1S/C20H20N5O12P3/c21-7-10-1-2-11-5-14-13(4-12(11)3-10)19-18(20(22)24-14)23-9-25(19)17-6-15(26)16(35-17)8-34-39(30,31)37-40(32,33)36-38(27,28)29/h1-5,9,15-17,26H,6,8H2,(H2,22,24)(H,30,31)(H,32,33)(H2,27,28,29)/t15?,16-,17-/m1/s1. The number of nitriles is 1. The van der Waals surface area contributed by atoms with E-state index in [2.05, 4.69) is 29.2 Å². The summed E-state index contributed by atoms with van der Waals surface area (Å²) in [4.78, 5) is 45.0. The van der Waals surface area contributed by atoms with Gasteiger partial charge in [-0.1, -0.05) is 6.07 Å². The third kappa shape index (κ3) is 5.95. The number of nitrogen functional groups attached to an aromatic ring is 1. The van der Waals surface area contributed by atoms with Gasteiger partial charge in [0.2, 0.25) is 0 Å². The number of aliphatic hydroxyl groups excluding tert-OH is 1. The van der Waals surface area contributed by atoms with Crippen molar-refractivity contribution < 1.29 is 56.3 Å². The summed E-state index contributed by atoms with van der Waals surface area (Å²) in [5.41, 5.74) is 8.00. The lowest BCUT2D eigenvalue weighted by molar-refractivity contribution is -0.0421. The smallest absolute Gasteiger partial charge is 0.390 e. The van der Waals surface area contributed by atoms with Crippen molar-refractivity contribution in [2.45, 2.75) is 24.9 Å². The normalized spacial score (nSPS) is 22.9. The molecular formula is C20H20N5O12P3. The number of phosphoric acid groups is 3. The molecule has 5 rings (SSSR count). The van der Waals surface area contributed by atoms with Crippen LogP contribution in [0.1, 0.15) is 18.2 Å². The number of aromatic nitrogens is 3. The number of fused-ring (bicyclic) bond motifs is 4. The van der Waals surface area contributed by atoms with Gasteiger partial charge >= 0.3 is 23.5 Å². The number of ether oxygens (including phenoxy) is 1. The van der Waals surface area contributed by atoms with E-state index in [1.54, 1.807) is 28.8 Å². The summed E-state index contributed by atoms with van der Waals surface area (Å²) in [5, 5.41) is 22.0. The van der Waals surface area contributed by atoms with Crippen molar-refractivity contribution in [2.24, 2.45) is 0 Å². The Kier molecular flexibility index (Phi) is 7.35. The first-order valence-electron chi connectivity index (χ1n) is 11.2. The maximum absolute atomic E-state index is 12.1. The molecule has 2 aromatic heterocycles. The number of hydrogen-bond acceptors (Lipinski definition) is 12. The number of phosphoric ester groups is 1. The summed E-state index contributed by atoms with van der Waals surface area (Å²) in [5.74, 6) is 0.136. The van der Waals surface area contributed by atoms with Crippen LogP contribution >= 0.6 is 23.5 Å². The number of pyridine rings is 1. The van der Waals surface area contributed by atoms with Crippen molar-refractivity contribution in [2.75, 3.05) is 12.3 Å². The molecule has 1 fully saturated rings. The number of rotatable bonds is 8. The number of aliphatic hydroxyl groups is 1. The van der Waals surface area contributed by atoms with Crippen molar-refractivity contribution in [1.82, 2.24) is 14.5 Å². The van der Waals surface area contributed by atoms with Crippen LogP contribution in [-0.4, -0.2) is 58.0 Å². The first-order chi connectivity index (χ1) is 18.6. The molecule has 1 saturated heterocycles. The van der Waals surface area contributed by atoms with E-state index >= 15 is 0 Å². The van der Waals surface area contributed by atoms with Crippen LogP contribution in [0.2, 0.25) is 0 Å². The van der Waals surface area contributed by atoms with E-state index in [4.69, 9.17) is 20.3 Å². The number of nitrogens with two attached hydrogens (primary N) is 1. The maximum Gasteiger partial charge on any atom is 0.490 e. The zero-order valence-electron chi connectivity index (χ0n) is 19.9. The van der Waals surface area contributed by atoms with Gasteiger partial charge in [0.05, 0.1) is 41.7 Å². The molecule has 40 heavy (non-hydrogen) atoms. The van der Waals surface area contributed by atoms with Crippen LogP contribution in [0.3, 0.4) is 0 Å². The van der Waals surface area contributed by atoms with Crippen molar-refractivity contribution >= 4 is 62.0 Å². The maximum atomic E-state index is 12.1. The van der Waals surface area contributed by atoms with E-state index in [0.717, 1.165) is 10.8 Å². The Morgan fingerprint density at radius 1 is 1.10 bits per heavy atom. The monoisotopic (exact) mass is 615 g/mol. The molecule has 0 aliphatic carbocycles. The van der Waals surface area contributed by atoms with Gasteiger partial charge in [-0.25, -0.2) is 23.7 Å². The summed E-state index contributed by atoms with van der Waals surface area (Å²) in [7, 11) is -16.6. The van der Waals surface area contributed by atoms with Gasteiger partial charge < -0.3 is 39.7 Å². The van der Waals surface area contributed by atoms with E-state index in [9.17, 15) is 33.9 Å². The Morgan fingerprint density at radius 2 is 1.85 bits per heavy atom. The molecule has 20 heteroatoms. The molecule has 2 aromatic carbocycles. The highest BCUT2D eigenvalue weighted by atomic mass is 31.3. The molecule has 0 bridgehead atoms. The molecule has 17 nitrogen and oxygen atoms in total. The number of nitrogens with zero attached hydrogens (tertiary/aromatic N) is 4. The van der Waals surface area contributed by atoms with Crippen LogP contribution in [-0.2, 0) is 31.6 Å². The van der Waals surface area contributed by atoms with Gasteiger partial charge in [0.15, 0.2) is 5.82 Å². The molecule has 212 valence electrons. The van der Waals surface area contributed by atoms with E-state index in [1.807, 2.05) is 6.07 Å². The quantitative estimate of drug-likeness (QED) is 0.122. The van der Waals surface area contributed by atoms with Gasteiger partial charge in [0, 0.05) is 11.8 Å². The fourth-order valence-corrected chi connectivity index (χ4v) is 7.39. The van der Waals surface area contributed by atoms with Crippen LogP contribution in [0.4, 0.5) is 5.82 Å². The second kappa shape index (κ2) is 10.2. The molecule has 0 saturated carbocycles. The number of hydrogen-bond donors (Lipinski definition) is 6. The van der Waals surface area contributed by atoms with Crippen molar-refractivity contribution in [3.8, 4) is 6.07 Å². The largest absolute Gasteiger partial charge is 0.490 e. The number of benzene rings is 2. The zero-order chi connectivity index (χ0) is 29.0. The molecule has 1 aliphatic rings. The summed E-state index contributed by atoms with van der Waals surface area (Å²) in [6.45, 7) is -0.819. The van der Waals surface area contributed by atoms with Gasteiger partial charge in [-0.05, 0) is 35.0 Å². The molecule has 0 amide bonds. The molecule has 5 atom stereocenters. The van der Waals surface area contributed by atoms with Crippen LogP contribution < -0.4 is 5.73 Å². The summed E-state index contributed by atoms with van der Waals surface area (Å²) in [6.07, 6.45) is -1.98. The van der Waals surface area contributed by atoms with Crippen LogP contribution in [0, 0.1) is 11.3 Å². The topological polar surface area (TPSA) is 270 Å². The minimum Gasteiger partial charge on any atom is -0.390 e. The fraction of sp³-hybridized carbons (Fsp3) is 0.250. The molecule has 4 aromatic rings. The highest BCUT2D eigenvalue weighted by Crippen LogP contribution is 2.66. The molecule has 3 heterocycles. The van der Waals surface area contributed by atoms with Crippen LogP contribution in [0.15, 0.2) is 36.7 Å². The van der Waals surface area contributed by atoms with E-state index in [-0.39, 0.29) is 12.2 Å². The Morgan fingerprint density at radius 3 is 2.55 bits per heavy atom. The fourth-order valence-electron chi connectivity index (χ4n) is 4.36. The predicted molar refractivity (Wildman–Crippen MR) is 136 cm³/mol. The Labute approximate surface area is 223 Å². The minimum absolute atomic E-state index is 0.0359. The molecule has 0 spiro atoms. The van der Waals surface area contributed by atoms with Crippen molar-refractivity contribution in [3.05, 3.63) is 42.2 Å². The Bertz CT molecular complexity index is 1840. The Balaban J connectivity index is 1.41. The average Bonchev–Trinajstić information content (AvgIpc) is 3.43. The number of anilines is 1. The van der Waals surface area contributed by atoms with Crippen LogP contribution in [0.5, 0.6) is 0 Å². The molecule has 7 N–H and O–H groups in total. The first kappa shape index (κ1) is 28.7. The highest BCUT2D eigenvalue weighted by Gasteiger charge is 2.43. The Hall–Kier alpha value is -2.80. The summed E-state index contributed by atoms with van der Waals surface area (Å²) >= 11 is 0. The van der Waals surface area contributed by atoms with Gasteiger partial charge in [-0.3, -0.25) is 4.52 Å². The van der Waals surface area contributed by atoms with E-state index in [1.165, 1.54) is 6.33 Å². The summed E-state index contributed by atoms with van der Waals surface area (Å²) < 4.78 is 53.7. The van der Waals surface area contributed by atoms with Crippen molar-refractivity contribution in [1.29, 1.82) is 5.26 Å². The van der Waals surface area contributed by atoms with E-state index < -0.39 is 48.5 Å². The molecule has 0 radical (unpaired) electrons. The van der Waals surface area contributed by atoms with Gasteiger partial charge in [0.1, 0.15) is 17.8 Å². The van der Waals surface area contributed by atoms with E-state index in [0.29, 0.717) is 27.5 Å². The van der Waals surface area contributed by atoms with Gasteiger partial charge in [0.25, 0.3) is 0 Å². The lowest BCUT2D eigenvalue weighted by Crippen LogP contribution is -2.26. The average molecular weight is 615 g/mol. The van der Waals surface area contributed by atoms with Gasteiger partial charge in [-0.15, -0.1) is 0 Å². The van der Waals surface area contributed by atoms with Crippen molar-refractivity contribution in [3.63, 3.8) is 0 Å². The second-order valence-electron chi connectivity index (χ2n) is 8.71. The third-order valence-electron chi connectivity index (χ3n) is 5.95. The molecule has 3 unspecified atom stereocenters. The lowest BCUT2D eigenvalue weighted by Gasteiger charge is -2.19. The lowest BCUT2D eigenvalue weighted by atomic mass is 10.0. The van der Waals surface area contributed by atoms with Crippen LogP contribution in [0.25, 0.3) is 32.7 Å². The minimum atomic E-state index is -5.69. The second-order valence-corrected chi connectivity index (χ2v) is 13.1. The highest BCUT2D eigenvalue weighted by molar-refractivity contribution is 7.66. The SMILES string of the molecule is N#Cc1ccc2cc3nc(N)c4ncn([C@H]5CC(O)[C@@H](COP(=O)(O)OP(=O)(O)OP(=O)(O)O)O5)c4c3cc2c1. The predicted octanol–water partition coefficient (Wildman–Crippen LogP) is 2.18. The zero-order valence-corrected chi connectivity index (χ0v) is 22.6. The first-order valence-corrected chi connectivity index (χ1v) is 15.7.